The summed E-state index contributed by atoms with van der Waals surface area (Å²) in [7, 11) is 0. The molecule has 0 amide bonds. The van der Waals surface area contributed by atoms with Crippen molar-refractivity contribution in [2.75, 3.05) is 33.0 Å². The van der Waals surface area contributed by atoms with Gasteiger partial charge in [0.2, 0.25) is 0 Å². The first-order chi connectivity index (χ1) is 6.31. The van der Waals surface area contributed by atoms with E-state index in [-0.39, 0.29) is 6.61 Å². The molecule has 13 heavy (non-hydrogen) atoms. The molecule has 0 aliphatic carbocycles. The molecule has 0 aromatic rings. The summed E-state index contributed by atoms with van der Waals surface area (Å²) in [6.45, 7) is 6.91. The maximum Gasteiger partial charge on any atom is 0.0701 e. The molecule has 0 spiro atoms. The zero-order chi connectivity index (χ0) is 9.94. The highest BCUT2D eigenvalue weighted by molar-refractivity contribution is 4.48. The molecular weight excluding hydrogens is 168 g/mol. The van der Waals surface area contributed by atoms with Gasteiger partial charge >= 0.3 is 0 Å². The van der Waals surface area contributed by atoms with Crippen LogP contribution in [-0.2, 0) is 9.47 Å². The quantitative estimate of drug-likeness (QED) is 0.559. The number of aliphatic hydroxyl groups is 1. The van der Waals surface area contributed by atoms with Crippen molar-refractivity contribution in [3.63, 3.8) is 0 Å². The van der Waals surface area contributed by atoms with Crippen molar-refractivity contribution in [2.24, 2.45) is 5.92 Å². The molecular formula is C10H22O3. The van der Waals surface area contributed by atoms with Gasteiger partial charge in [-0.15, -0.1) is 0 Å². The standard InChI is InChI=1S/C10H22O3/c1-3-4-10(2)9-13-8-7-12-6-5-11/h10-11H,3-9H2,1-2H3. The van der Waals surface area contributed by atoms with Crippen LogP contribution in [0.1, 0.15) is 26.7 Å². The third kappa shape index (κ3) is 9.80. The van der Waals surface area contributed by atoms with Gasteiger partial charge in [0, 0.05) is 6.61 Å². The van der Waals surface area contributed by atoms with Crippen molar-refractivity contribution in [2.45, 2.75) is 26.7 Å². The third-order valence-corrected chi connectivity index (χ3v) is 1.79. The lowest BCUT2D eigenvalue weighted by Gasteiger charge is -2.10. The normalized spacial score (nSPS) is 13.2. The average Bonchev–Trinajstić information content (AvgIpc) is 2.11. The maximum atomic E-state index is 8.42. The van der Waals surface area contributed by atoms with Crippen LogP contribution in [0.3, 0.4) is 0 Å². The van der Waals surface area contributed by atoms with E-state index in [0.717, 1.165) is 6.61 Å². The third-order valence-electron chi connectivity index (χ3n) is 1.79. The molecule has 1 unspecified atom stereocenters. The van der Waals surface area contributed by atoms with Crippen molar-refractivity contribution in [3.8, 4) is 0 Å². The molecule has 0 radical (unpaired) electrons. The van der Waals surface area contributed by atoms with E-state index < -0.39 is 0 Å². The van der Waals surface area contributed by atoms with Gasteiger partial charge in [-0.25, -0.2) is 0 Å². The van der Waals surface area contributed by atoms with Gasteiger partial charge in [0.05, 0.1) is 26.4 Å². The van der Waals surface area contributed by atoms with E-state index in [1.165, 1.54) is 12.8 Å². The Balaban J connectivity index is 2.97. The highest BCUT2D eigenvalue weighted by Crippen LogP contribution is 2.04. The first kappa shape index (κ1) is 12.9. The van der Waals surface area contributed by atoms with Crippen molar-refractivity contribution < 1.29 is 14.6 Å². The molecule has 1 atom stereocenters. The van der Waals surface area contributed by atoms with E-state index in [4.69, 9.17) is 14.6 Å². The lowest BCUT2D eigenvalue weighted by atomic mass is 10.1. The van der Waals surface area contributed by atoms with E-state index in [1.54, 1.807) is 0 Å². The molecule has 0 bridgehead atoms. The summed E-state index contributed by atoms with van der Waals surface area (Å²) in [6, 6.07) is 0. The smallest absolute Gasteiger partial charge is 0.0701 e. The lowest BCUT2D eigenvalue weighted by Crippen LogP contribution is -2.11. The summed E-state index contributed by atoms with van der Waals surface area (Å²) >= 11 is 0. The summed E-state index contributed by atoms with van der Waals surface area (Å²) in [4.78, 5) is 0. The first-order valence-electron chi connectivity index (χ1n) is 5.07. The molecule has 3 heteroatoms. The Labute approximate surface area is 81.0 Å². The second-order valence-corrected chi connectivity index (χ2v) is 3.30. The molecule has 3 nitrogen and oxygen atoms in total. The van der Waals surface area contributed by atoms with Gasteiger partial charge < -0.3 is 14.6 Å². The monoisotopic (exact) mass is 190 g/mol. The van der Waals surface area contributed by atoms with Gasteiger partial charge in [-0.2, -0.15) is 0 Å². The molecule has 0 aromatic heterocycles. The zero-order valence-corrected chi connectivity index (χ0v) is 8.79. The summed E-state index contributed by atoms with van der Waals surface area (Å²) in [5.74, 6) is 0.642. The molecule has 0 fully saturated rings. The molecule has 80 valence electrons. The molecule has 1 N–H and O–H groups in total. The Morgan fingerprint density at radius 2 is 1.85 bits per heavy atom. The zero-order valence-electron chi connectivity index (χ0n) is 8.79. The summed E-state index contributed by atoms with van der Waals surface area (Å²) in [6.07, 6.45) is 2.43. The first-order valence-corrected chi connectivity index (χ1v) is 5.07. The van der Waals surface area contributed by atoms with Gasteiger partial charge in [0.15, 0.2) is 0 Å². The van der Waals surface area contributed by atoms with Gasteiger partial charge in [-0.3, -0.25) is 0 Å². The van der Waals surface area contributed by atoms with Crippen molar-refractivity contribution in [3.05, 3.63) is 0 Å². The van der Waals surface area contributed by atoms with Crippen LogP contribution < -0.4 is 0 Å². The van der Waals surface area contributed by atoms with Crippen LogP contribution in [-0.4, -0.2) is 38.1 Å². The van der Waals surface area contributed by atoms with Crippen LogP contribution >= 0.6 is 0 Å². The minimum Gasteiger partial charge on any atom is -0.394 e. The van der Waals surface area contributed by atoms with Crippen LogP contribution in [0.2, 0.25) is 0 Å². The molecule has 0 saturated carbocycles. The highest BCUT2D eigenvalue weighted by Gasteiger charge is 1.99. The fourth-order valence-corrected chi connectivity index (χ4v) is 1.15. The van der Waals surface area contributed by atoms with Crippen molar-refractivity contribution in [1.82, 2.24) is 0 Å². The van der Waals surface area contributed by atoms with Gasteiger partial charge in [0.25, 0.3) is 0 Å². The topological polar surface area (TPSA) is 38.7 Å². The predicted molar refractivity (Wildman–Crippen MR) is 52.8 cm³/mol. The van der Waals surface area contributed by atoms with E-state index in [1.807, 2.05) is 0 Å². The van der Waals surface area contributed by atoms with E-state index >= 15 is 0 Å². The predicted octanol–water partition coefficient (Wildman–Crippen LogP) is 1.45. The number of ether oxygens (including phenoxy) is 2. The molecule has 0 saturated heterocycles. The van der Waals surface area contributed by atoms with E-state index in [2.05, 4.69) is 13.8 Å². The minimum atomic E-state index is 0.0895. The van der Waals surface area contributed by atoms with Crippen molar-refractivity contribution >= 4 is 0 Å². The maximum absolute atomic E-state index is 8.42. The Hall–Kier alpha value is -0.120. The fraction of sp³-hybridized carbons (Fsp3) is 1.00. The number of hydrogen-bond acceptors (Lipinski definition) is 3. The second-order valence-electron chi connectivity index (χ2n) is 3.30. The average molecular weight is 190 g/mol. The SMILES string of the molecule is CCCC(C)COCCOCCO. The van der Waals surface area contributed by atoms with Gasteiger partial charge in [-0.1, -0.05) is 20.3 Å². The fourth-order valence-electron chi connectivity index (χ4n) is 1.15. The molecule has 0 rings (SSSR count). The number of hydrogen-bond donors (Lipinski definition) is 1. The second kappa shape index (κ2) is 9.96. The van der Waals surface area contributed by atoms with Crippen LogP contribution in [0, 0.1) is 5.92 Å². The molecule has 0 aliphatic heterocycles. The van der Waals surface area contributed by atoms with E-state index in [9.17, 15) is 0 Å². The van der Waals surface area contributed by atoms with Gasteiger partial charge in [-0.05, 0) is 12.3 Å². The number of rotatable bonds is 9. The van der Waals surface area contributed by atoms with Crippen LogP contribution in [0.5, 0.6) is 0 Å². The van der Waals surface area contributed by atoms with Crippen molar-refractivity contribution in [1.29, 1.82) is 0 Å². The molecule has 0 aromatic carbocycles. The van der Waals surface area contributed by atoms with Gasteiger partial charge in [0.1, 0.15) is 0 Å². The summed E-state index contributed by atoms with van der Waals surface area (Å²) in [5.41, 5.74) is 0. The molecule has 0 heterocycles. The lowest BCUT2D eigenvalue weighted by molar-refractivity contribution is 0.0229. The highest BCUT2D eigenvalue weighted by atomic mass is 16.5. The van der Waals surface area contributed by atoms with Crippen LogP contribution in [0.4, 0.5) is 0 Å². The minimum absolute atomic E-state index is 0.0895. The Morgan fingerprint density at radius 3 is 2.46 bits per heavy atom. The van der Waals surface area contributed by atoms with Crippen LogP contribution in [0.15, 0.2) is 0 Å². The summed E-state index contributed by atoms with van der Waals surface area (Å²) < 4.78 is 10.4. The Kier molecular flexibility index (Phi) is 9.87. The Bertz CT molecular complexity index is 96.2. The Morgan fingerprint density at radius 1 is 1.15 bits per heavy atom. The number of aliphatic hydroxyl groups excluding tert-OH is 1. The largest absolute Gasteiger partial charge is 0.394 e. The van der Waals surface area contributed by atoms with Crippen LogP contribution in [0.25, 0.3) is 0 Å². The molecule has 0 aliphatic rings. The van der Waals surface area contributed by atoms with E-state index in [0.29, 0.717) is 25.7 Å². The summed E-state index contributed by atoms with van der Waals surface area (Å²) in [5, 5.41) is 8.42.